The van der Waals surface area contributed by atoms with Crippen molar-refractivity contribution in [2.45, 2.75) is 12.5 Å². The zero-order valence-corrected chi connectivity index (χ0v) is 16.4. The number of nitrogens with zero attached hydrogens (tertiary/aromatic N) is 1. The van der Waals surface area contributed by atoms with Crippen LogP contribution >= 0.6 is 0 Å². The molecule has 3 rings (SSSR count). The van der Waals surface area contributed by atoms with Gasteiger partial charge < -0.3 is 20.5 Å². The Morgan fingerprint density at radius 1 is 1.10 bits per heavy atom. The summed E-state index contributed by atoms with van der Waals surface area (Å²) in [5.74, 6) is -0.347. The summed E-state index contributed by atoms with van der Waals surface area (Å²) in [4.78, 5) is 26.6. The van der Waals surface area contributed by atoms with Gasteiger partial charge in [0.2, 0.25) is 12.0 Å². The molecular formula is C22H27N3O4. The van der Waals surface area contributed by atoms with Gasteiger partial charge in [-0.3, -0.25) is 14.5 Å². The van der Waals surface area contributed by atoms with Gasteiger partial charge in [0.1, 0.15) is 5.75 Å². The number of primary amides is 1. The number of morpholine rings is 1. The Hall–Kier alpha value is -2.90. The van der Waals surface area contributed by atoms with E-state index in [0.717, 1.165) is 44.8 Å². The second-order valence-electron chi connectivity index (χ2n) is 6.90. The molecular weight excluding hydrogens is 370 g/mol. The quantitative estimate of drug-likeness (QED) is 0.629. The molecule has 1 fully saturated rings. The van der Waals surface area contributed by atoms with E-state index in [9.17, 15) is 9.59 Å². The number of ether oxygens (including phenoxy) is 2. The molecule has 1 aliphatic rings. The molecule has 1 aliphatic heterocycles. The second-order valence-corrected chi connectivity index (χ2v) is 6.90. The predicted octanol–water partition coefficient (Wildman–Crippen LogP) is 1.74. The standard InChI is InChI=1S/C22H27N3O4/c23-21(26)18-8-4-9-19(16-18)29-20(17-6-2-1-3-7-17)22(27)24-10-5-11-25-12-14-28-15-13-25/h1-4,6-9,16,20H,5,10-15H2,(H2,23,26)(H,24,27). The minimum atomic E-state index is -0.817. The Labute approximate surface area is 170 Å². The average Bonchev–Trinajstić information content (AvgIpc) is 2.76. The smallest absolute Gasteiger partial charge is 0.265 e. The van der Waals surface area contributed by atoms with Crippen LogP contribution in [0.5, 0.6) is 5.75 Å². The zero-order valence-electron chi connectivity index (χ0n) is 16.4. The molecule has 29 heavy (non-hydrogen) atoms. The fourth-order valence-corrected chi connectivity index (χ4v) is 3.19. The van der Waals surface area contributed by atoms with Crippen LogP contribution < -0.4 is 15.8 Å². The normalized spacial score (nSPS) is 15.4. The maximum atomic E-state index is 12.9. The fourth-order valence-electron chi connectivity index (χ4n) is 3.19. The third-order valence-corrected chi connectivity index (χ3v) is 4.77. The summed E-state index contributed by atoms with van der Waals surface area (Å²) in [5.41, 5.74) is 6.41. The van der Waals surface area contributed by atoms with Gasteiger partial charge in [-0.05, 0) is 31.2 Å². The molecule has 2 amide bonds. The number of carbonyl (C=O) groups excluding carboxylic acids is 2. The van der Waals surface area contributed by atoms with Gasteiger partial charge in [-0.25, -0.2) is 0 Å². The van der Waals surface area contributed by atoms with Gasteiger partial charge >= 0.3 is 0 Å². The maximum absolute atomic E-state index is 12.9. The second kappa shape index (κ2) is 10.6. The van der Waals surface area contributed by atoms with Crippen LogP contribution in [0, 0.1) is 0 Å². The summed E-state index contributed by atoms with van der Waals surface area (Å²) in [7, 11) is 0. The number of hydrogen-bond donors (Lipinski definition) is 2. The highest BCUT2D eigenvalue weighted by atomic mass is 16.5. The summed E-state index contributed by atoms with van der Waals surface area (Å²) in [6, 6.07) is 15.8. The summed E-state index contributed by atoms with van der Waals surface area (Å²) >= 11 is 0. The van der Waals surface area contributed by atoms with Crippen LogP contribution in [0.25, 0.3) is 0 Å². The van der Waals surface area contributed by atoms with Gasteiger partial charge in [0.15, 0.2) is 0 Å². The molecule has 2 aromatic carbocycles. The number of carbonyl (C=O) groups is 2. The highest BCUT2D eigenvalue weighted by Crippen LogP contribution is 2.23. The van der Waals surface area contributed by atoms with E-state index >= 15 is 0 Å². The fraction of sp³-hybridized carbons (Fsp3) is 0.364. The van der Waals surface area contributed by atoms with Crippen molar-refractivity contribution in [2.24, 2.45) is 5.73 Å². The summed E-state index contributed by atoms with van der Waals surface area (Å²) in [6.45, 7) is 4.87. The molecule has 1 unspecified atom stereocenters. The van der Waals surface area contributed by atoms with E-state index in [0.29, 0.717) is 17.9 Å². The number of rotatable bonds is 9. The predicted molar refractivity (Wildman–Crippen MR) is 110 cm³/mol. The van der Waals surface area contributed by atoms with Crippen molar-refractivity contribution in [1.82, 2.24) is 10.2 Å². The maximum Gasteiger partial charge on any atom is 0.265 e. The van der Waals surface area contributed by atoms with Crippen molar-refractivity contribution in [1.29, 1.82) is 0 Å². The van der Waals surface area contributed by atoms with E-state index < -0.39 is 12.0 Å². The van der Waals surface area contributed by atoms with E-state index in [-0.39, 0.29) is 5.91 Å². The molecule has 0 aliphatic carbocycles. The van der Waals surface area contributed by atoms with Crippen LogP contribution in [-0.2, 0) is 9.53 Å². The minimum absolute atomic E-state index is 0.220. The molecule has 0 spiro atoms. The van der Waals surface area contributed by atoms with Crippen LogP contribution in [0.4, 0.5) is 0 Å². The molecule has 0 bridgehead atoms. The molecule has 3 N–H and O–H groups in total. The zero-order chi connectivity index (χ0) is 20.5. The lowest BCUT2D eigenvalue weighted by molar-refractivity contribution is -0.128. The molecule has 1 heterocycles. The van der Waals surface area contributed by atoms with Gasteiger partial charge in [0, 0.05) is 30.8 Å². The van der Waals surface area contributed by atoms with E-state index in [1.54, 1.807) is 24.3 Å². The monoisotopic (exact) mass is 397 g/mol. The van der Waals surface area contributed by atoms with Crippen molar-refractivity contribution < 1.29 is 19.1 Å². The largest absolute Gasteiger partial charge is 0.476 e. The first-order valence-corrected chi connectivity index (χ1v) is 9.83. The first-order valence-electron chi connectivity index (χ1n) is 9.83. The first kappa shape index (κ1) is 20.8. The molecule has 0 radical (unpaired) electrons. The number of amides is 2. The average molecular weight is 397 g/mol. The highest BCUT2D eigenvalue weighted by Gasteiger charge is 2.22. The molecule has 2 aromatic rings. The Morgan fingerprint density at radius 3 is 2.59 bits per heavy atom. The molecule has 7 nitrogen and oxygen atoms in total. The van der Waals surface area contributed by atoms with Crippen LogP contribution in [0.2, 0.25) is 0 Å². The van der Waals surface area contributed by atoms with Crippen molar-refractivity contribution >= 4 is 11.8 Å². The number of nitrogens with one attached hydrogen (secondary N) is 1. The summed E-state index contributed by atoms with van der Waals surface area (Å²) < 4.78 is 11.3. The van der Waals surface area contributed by atoms with Gasteiger partial charge in [0.25, 0.3) is 5.91 Å². The molecule has 0 saturated carbocycles. The van der Waals surface area contributed by atoms with Crippen molar-refractivity contribution in [2.75, 3.05) is 39.4 Å². The minimum Gasteiger partial charge on any atom is -0.476 e. The van der Waals surface area contributed by atoms with E-state index in [4.69, 9.17) is 15.2 Å². The van der Waals surface area contributed by atoms with Crippen LogP contribution in [0.15, 0.2) is 54.6 Å². The first-order chi connectivity index (χ1) is 14.1. The SMILES string of the molecule is NC(=O)c1cccc(OC(C(=O)NCCCN2CCOCC2)c2ccccc2)c1. The van der Waals surface area contributed by atoms with Gasteiger partial charge in [0.05, 0.1) is 13.2 Å². The Kier molecular flexibility index (Phi) is 7.61. The summed E-state index contributed by atoms with van der Waals surface area (Å²) in [6.07, 6.45) is 0.0347. The molecule has 0 aromatic heterocycles. The third-order valence-electron chi connectivity index (χ3n) is 4.77. The third kappa shape index (κ3) is 6.30. The lowest BCUT2D eigenvalue weighted by atomic mass is 10.1. The van der Waals surface area contributed by atoms with Gasteiger partial charge in [-0.2, -0.15) is 0 Å². The van der Waals surface area contributed by atoms with Gasteiger partial charge in [-0.1, -0.05) is 36.4 Å². The topological polar surface area (TPSA) is 93.9 Å². The Balaban J connectivity index is 1.61. The van der Waals surface area contributed by atoms with Crippen molar-refractivity contribution in [3.63, 3.8) is 0 Å². The number of benzene rings is 2. The molecule has 1 saturated heterocycles. The summed E-state index contributed by atoms with van der Waals surface area (Å²) in [5, 5.41) is 2.96. The van der Waals surface area contributed by atoms with Crippen molar-refractivity contribution in [3.8, 4) is 5.75 Å². The number of hydrogen-bond acceptors (Lipinski definition) is 5. The molecule has 1 atom stereocenters. The number of nitrogens with two attached hydrogens (primary N) is 1. The lowest BCUT2D eigenvalue weighted by Gasteiger charge is -2.26. The van der Waals surface area contributed by atoms with Gasteiger partial charge in [-0.15, -0.1) is 0 Å². The van der Waals surface area contributed by atoms with Crippen molar-refractivity contribution in [3.05, 3.63) is 65.7 Å². The van der Waals surface area contributed by atoms with Crippen LogP contribution in [0.1, 0.15) is 28.4 Å². The van der Waals surface area contributed by atoms with E-state index in [1.807, 2.05) is 30.3 Å². The van der Waals surface area contributed by atoms with Crippen LogP contribution in [-0.4, -0.2) is 56.1 Å². The van der Waals surface area contributed by atoms with Crippen LogP contribution in [0.3, 0.4) is 0 Å². The lowest BCUT2D eigenvalue weighted by Crippen LogP contribution is -2.39. The Bertz CT molecular complexity index is 807. The molecule has 7 heteroatoms. The van der Waals surface area contributed by atoms with E-state index in [1.165, 1.54) is 0 Å². The Morgan fingerprint density at radius 2 is 1.86 bits per heavy atom. The van der Waals surface area contributed by atoms with E-state index in [2.05, 4.69) is 10.2 Å². The highest BCUT2D eigenvalue weighted by molar-refractivity contribution is 5.93. The molecule has 154 valence electrons.